The Morgan fingerprint density at radius 1 is 1.57 bits per heavy atom. The maximum atomic E-state index is 12.2. The monoisotopic (exact) mass is 374 g/mol. The van der Waals surface area contributed by atoms with Crippen molar-refractivity contribution in [1.82, 2.24) is 5.32 Å². The van der Waals surface area contributed by atoms with Crippen LogP contribution in [0.1, 0.15) is 26.2 Å². The fourth-order valence-corrected chi connectivity index (χ4v) is 3.43. The van der Waals surface area contributed by atoms with Gasteiger partial charge in [-0.3, -0.25) is 4.79 Å². The number of ether oxygens (including phenoxy) is 1. The van der Waals surface area contributed by atoms with Gasteiger partial charge in [0, 0.05) is 11.4 Å². The van der Waals surface area contributed by atoms with Crippen LogP contribution < -0.4 is 15.4 Å². The van der Waals surface area contributed by atoms with E-state index in [4.69, 9.17) is 16.3 Å². The predicted octanol–water partition coefficient (Wildman–Crippen LogP) is 3.83. The van der Waals surface area contributed by atoms with Gasteiger partial charge in [0.15, 0.2) is 5.75 Å². The summed E-state index contributed by atoms with van der Waals surface area (Å²) in [4.78, 5) is 12.2. The molecule has 0 aliphatic carbocycles. The van der Waals surface area contributed by atoms with Gasteiger partial charge in [0.1, 0.15) is 0 Å². The summed E-state index contributed by atoms with van der Waals surface area (Å²) < 4.78 is 6.32. The number of hydrogen-bond acceptors (Lipinski definition) is 3. The van der Waals surface area contributed by atoms with Crippen LogP contribution in [-0.4, -0.2) is 25.6 Å². The van der Waals surface area contributed by atoms with Crippen LogP contribution in [0.2, 0.25) is 5.02 Å². The van der Waals surface area contributed by atoms with Crippen molar-refractivity contribution in [3.05, 3.63) is 21.6 Å². The molecule has 0 saturated carbocycles. The number of carbonyl (C=O) groups excluding carboxylic acids is 1. The van der Waals surface area contributed by atoms with E-state index in [0.717, 1.165) is 30.4 Å². The molecule has 1 aromatic rings. The van der Waals surface area contributed by atoms with Crippen molar-refractivity contribution in [2.24, 2.45) is 5.92 Å². The average molecular weight is 376 g/mol. The molecular weight excluding hydrogens is 356 g/mol. The molecule has 1 aromatic carbocycles. The summed E-state index contributed by atoms with van der Waals surface area (Å²) in [6.45, 7) is 4.38. The van der Waals surface area contributed by atoms with Crippen LogP contribution in [0, 0.1) is 5.92 Å². The van der Waals surface area contributed by atoms with E-state index < -0.39 is 0 Å². The van der Waals surface area contributed by atoms with Gasteiger partial charge in [-0.15, -0.1) is 0 Å². The second-order valence-electron chi connectivity index (χ2n) is 5.16. The zero-order valence-corrected chi connectivity index (χ0v) is 14.4. The lowest BCUT2D eigenvalue weighted by molar-refractivity contribution is -0.117. The fraction of sp³-hybridized carbons (Fsp3) is 0.533. The lowest BCUT2D eigenvalue weighted by Gasteiger charge is -2.22. The van der Waals surface area contributed by atoms with Crippen LogP contribution in [0.4, 0.5) is 5.69 Å². The van der Waals surface area contributed by atoms with E-state index in [-0.39, 0.29) is 5.91 Å². The molecule has 116 valence electrons. The van der Waals surface area contributed by atoms with E-state index in [2.05, 4.69) is 26.6 Å². The Morgan fingerprint density at radius 2 is 2.38 bits per heavy atom. The lowest BCUT2D eigenvalue weighted by atomic mass is 9.96. The first-order valence-electron chi connectivity index (χ1n) is 7.22. The van der Waals surface area contributed by atoms with Gasteiger partial charge in [0.2, 0.25) is 5.91 Å². The van der Waals surface area contributed by atoms with Crippen LogP contribution in [0.15, 0.2) is 16.6 Å². The lowest BCUT2D eigenvalue weighted by Crippen LogP contribution is -2.32. The normalized spacial score (nSPS) is 18.3. The third kappa shape index (κ3) is 4.87. The molecule has 1 atom stereocenters. The summed E-state index contributed by atoms with van der Waals surface area (Å²) in [6.07, 6.45) is 2.74. The molecule has 0 bridgehead atoms. The van der Waals surface area contributed by atoms with E-state index in [0.29, 0.717) is 35.4 Å². The summed E-state index contributed by atoms with van der Waals surface area (Å²) in [5.74, 6) is 1.02. The van der Waals surface area contributed by atoms with Gasteiger partial charge in [0.25, 0.3) is 0 Å². The Morgan fingerprint density at radius 3 is 3.05 bits per heavy atom. The van der Waals surface area contributed by atoms with Crippen molar-refractivity contribution in [2.45, 2.75) is 26.2 Å². The molecule has 2 N–H and O–H groups in total. The van der Waals surface area contributed by atoms with Crippen molar-refractivity contribution >= 4 is 39.1 Å². The third-order valence-corrected chi connectivity index (χ3v) is 4.25. The summed E-state index contributed by atoms with van der Waals surface area (Å²) in [7, 11) is 0. The van der Waals surface area contributed by atoms with Gasteiger partial charge in [-0.2, -0.15) is 0 Å². The molecule has 0 spiro atoms. The van der Waals surface area contributed by atoms with Gasteiger partial charge in [-0.05, 0) is 66.8 Å². The van der Waals surface area contributed by atoms with E-state index in [1.807, 2.05) is 6.92 Å². The van der Waals surface area contributed by atoms with Crippen molar-refractivity contribution in [3.63, 3.8) is 0 Å². The first kappa shape index (κ1) is 16.6. The Balaban J connectivity index is 2.05. The summed E-state index contributed by atoms with van der Waals surface area (Å²) in [5, 5.41) is 6.79. The topological polar surface area (TPSA) is 50.4 Å². The Bertz CT molecular complexity index is 505. The number of benzene rings is 1. The molecule has 1 unspecified atom stereocenters. The molecule has 0 radical (unpaired) electrons. The van der Waals surface area contributed by atoms with Gasteiger partial charge >= 0.3 is 0 Å². The number of anilines is 1. The van der Waals surface area contributed by atoms with Crippen molar-refractivity contribution in [3.8, 4) is 5.75 Å². The van der Waals surface area contributed by atoms with Crippen molar-refractivity contribution in [2.75, 3.05) is 25.0 Å². The minimum absolute atomic E-state index is 0.00109. The predicted molar refractivity (Wildman–Crippen MR) is 89.2 cm³/mol. The number of piperidine rings is 1. The van der Waals surface area contributed by atoms with Gasteiger partial charge in [0.05, 0.1) is 16.8 Å². The van der Waals surface area contributed by atoms with Gasteiger partial charge in [-0.25, -0.2) is 0 Å². The molecule has 21 heavy (non-hydrogen) atoms. The standard InChI is InChI=1S/C15H20BrClN2O2/c1-2-21-15-12(16)7-11(17)8-13(15)19-14(20)6-10-4-3-5-18-9-10/h7-8,10,18H,2-6,9H2,1H3,(H,19,20). The average Bonchev–Trinajstić information content (AvgIpc) is 2.43. The largest absolute Gasteiger partial charge is 0.491 e. The summed E-state index contributed by atoms with van der Waals surface area (Å²) in [5.41, 5.74) is 0.616. The van der Waals surface area contributed by atoms with Crippen LogP contribution >= 0.6 is 27.5 Å². The van der Waals surface area contributed by atoms with Crippen LogP contribution in [0.5, 0.6) is 5.75 Å². The maximum Gasteiger partial charge on any atom is 0.224 e. The second kappa shape index (κ2) is 8.01. The van der Waals surface area contributed by atoms with Gasteiger partial charge in [-0.1, -0.05) is 11.6 Å². The molecule has 6 heteroatoms. The summed E-state index contributed by atoms with van der Waals surface area (Å²) in [6, 6.07) is 3.47. The molecule has 1 amide bonds. The van der Waals surface area contributed by atoms with E-state index >= 15 is 0 Å². The van der Waals surface area contributed by atoms with E-state index in [1.54, 1.807) is 12.1 Å². The molecule has 1 fully saturated rings. The third-order valence-electron chi connectivity index (χ3n) is 3.44. The Kier molecular flexibility index (Phi) is 6.33. The highest BCUT2D eigenvalue weighted by atomic mass is 79.9. The minimum Gasteiger partial charge on any atom is -0.491 e. The maximum absolute atomic E-state index is 12.2. The number of hydrogen-bond donors (Lipinski definition) is 2. The number of nitrogens with one attached hydrogen (secondary N) is 2. The number of halogens is 2. The molecule has 1 heterocycles. The highest BCUT2D eigenvalue weighted by molar-refractivity contribution is 9.10. The molecular formula is C15H20BrClN2O2. The Labute approximate surface area is 138 Å². The van der Waals surface area contributed by atoms with Gasteiger partial charge < -0.3 is 15.4 Å². The quantitative estimate of drug-likeness (QED) is 0.822. The van der Waals surface area contributed by atoms with E-state index in [1.165, 1.54) is 0 Å². The molecule has 1 aliphatic heterocycles. The summed E-state index contributed by atoms with van der Waals surface area (Å²) >= 11 is 9.47. The zero-order chi connectivity index (χ0) is 15.2. The number of amides is 1. The second-order valence-corrected chi connectivity index (χ2v) is 6.45. The first-order valence-corrected chi connectivity index (χ1v) is 8.39. The molecule has 4 nitrogen and oxygen atoms in total. The molecule has 2 rings (SSSR count). The van der Waals surface area contributed by atoms with Crippen molar-refractivity contribution in [1.29, 1.82) is 0 Å². The van der Waals surface area contributed by atoms with Crippen LogP contribution in [0.3, 0.4) is 0 Å². The minimum atomic E-state index is -0.00109. The molecule has 0 aromatic heterocycles. The molecule has 1 saturated heterocycles. The highest BCUT2D eigenvalue weighted by Gasteiger charge is 2.18. The number of carbonyl (C=O) groups is 1. The van der Waals surface area contributed by atoms with E-state index in [9.17, 15) is 4.79 Å². The van der Waals surface area contributed by atoms with Crippen molar-refractivity contribution < 1.29 is 9.53 Å². The first-order chi connectivity index (χ1) is 10.1. The number of rotatable bonds is 5. The zero-order valence-electron chi connectivity index (χ0n) is 12.0. The highest BCUT2D eigenvalue weighted by Crippen LogP contribution is 2.36. The van der Waals surface area contributed by atoms with Crippen LogP contribution in [0.25, 0.3) is 0 Å². The SMILES string of the molecule is CCOc1c(Br)cc(Cl)cc1NC(=O)CC1CCCNC1. The fourth-order valence-electron chi connectivity index (χ4n) is 2.51. The van der Waals surface area contributed by atoms with Crippen LogP contribution in [-0.2, 0) is 4.79 Å². The Hall–Kier alpha value is -0.780. The molecule has 1 aliphatic rings. The smallest absolute Gasteiger partial charge is 0.224 e.